The van der Waals surface area contributed by atoms with Crippen LogP contribution in [-0.2, 0) is 23.0 Å². The molecular weight excluding hydrogens is 408 g/mol. The van der Waals surface area contributed by atoms with Gasteiger partial charge in [0, 0.05) is 44.1 Å². The second-order valence-corrected chi connectivity index (χ2v) is 9.89. The van der Waals surface area contributed by atoms with Crippen molar-refractivity contribution in [3.8, 4) is 0 Å². The van der Waals surface area contributed by atoms with E-state index in [0.717, 1.165) is 49.9 Å². The zero-order valence-corrected chi connectivity index (χ0v) is 17.9. The molecule has 0 saturated carbocycles. The molecule has 2 aliphatic heterocycles. The number of aromatic nitrogens is 3. The molecule has 3 heterocycles. The number of piperidine rings is 1. The first-order valence-corrected chi connectivity index (χ1v) is 11.7. The minimum absolute atomic E-state index is 0.0967. The predicted octanol–water partition coefficient (Wildman–Crippen LogP) is 2.20. The van der Waals surface area contributed by atoms with Gasteiger partial charge < -0.3 is 9.47 Å². The normalized spacial score (nSPS) is 17.5. The van der Waals surface area contributed by atoms with Crippen molar-refractivity contribution in [3.63, 3.8) is 0 Å². The fourth-order valence-corrected chi connectivity index (χ4v) is 5.59. The van der Waals surface area contributed by atoms with Crippen LogP contribution in [0.15, 0.2) is 23.1 Å². The molecule has 2 aromatic rings. The number of benzene rings is 1. The van der Waals surface area contributed by atoms with E-state index in [1.54, 1.807) is 19.9 Å². The number of anilines is 1. The molecule has 10 nitrogen and oxygen atoms in total. The summed E-state index contributed by atoms with van der Waals surface area (Å²) in [7, 11) is -3.80. The van der Waals surface area contributed by atoms with E-state index in [-0.39, 0.29) is 22.5 Å². The smallest absolute Gasteiger partial charge is 0.293 e. The summed E-state index contributed by atoms with van der Waals surface area (Å²) in [4.78, 5) is 13.0. The van der Waals surface area contributed by atoms with Gasteiger partial charge in [-0.15, -0.1) is 10.2 Å². The SMILES string of the molecule is CC(C)NS(=O)(=O)c1ccc(N2CCC(c3nnc4n3CCC4)CC2)c([N+](=O)[O-])c1. The Balaban J connectivity index is 1.53. The van der Waals surface area contributed by atoms with E-state index in [9.17, 15) is 18.5 Å². The maximum atomic E-state index is 12.4. The van der Waals surface area contributed by atoms with Crippen LogP contribution in [0.25, 0.3) is 0 Å². The Labute approximate surface area is 175 Å². The second-order valence-electron chi connectivity index (χ2n) is 8.17. The molecular formula is C19H26N6O4S. The molecule has 1 saturated heterocycles. The standard InChI is InChI=1S/C19H26N6O4S/c1-13(2)22-30(28,29)15-5-6-16(17(12-15)25(26)27)23-10-7-14(8-11-23)19-21-20-18-4-3-9-24(18)19/h5-6,12-14,22H,3-4,7-11H2,1-2H3. The van der Waals surface area contributed by atoms with Crippen molar-refractivity contribution >= 4 is 21.4 Å². The van der Waals surface area contributed by atoms with Crippen LogP contribution in [-0.4, -0.2) is 47.2 Å². The Kier molecular flexibility index (Phi) is 5.49. The fraction of sp³-hybridized carbons (Fsp3) is 0.579. The maximum Gasteiger partial charge on any atom is 0.293 e. The van der Waals surface area contributed by atoms with Crippen molar-refractivity contribution < 1.29 is 13.3 Å². The van der Waals surface area contributed by atoms with Crippen LogP contribution in [0.5, 0.6) is 0 Å². The minimum Gasteiger partial charge on any atom is -0.366 e. The molecule has 2 aliphatic rings. The van der Waals surface area contributed by atoms with Crippen LogP contribution < -0.4 is 9.62 Å². The van der Waals surface area contributed by atoms with E-state index < -0.39 is 14.9 Å². The van der Waals surface area contributed by atoms with E-state index in [1.165, 1.54) is 6.07 Å². The van der Waals surface area contributed by atoms with Gasteiger partial charge in [0.2, 0.25) is 10.0 Å². The van der Waals surface area contributed by atoms with Crippen molar-refractivity contribution in [1.29, 1.82) is 0 Å². The molecule has 0 atom stereocenters. The first kappa shape index (κ1) is 20.7. The Bertz CT molecular complexity index is 1060. The van der Waals surface area contributed by atoms with Crippen molar-refractivity contribution in [2.75, 3.05) is 18.0 Å². The number of nitro groups is 1. The van der Waals surface area contributed by atoms with Gasteiger partial charge in [0.15, 0.2) is 0 Å². The number of hydrogen-bond donors (Lipinski definition) is 1. The quantitative estimate of drug-likeness (QED) is 0.546. The summed E-state index contributed by atoms with van der Waals surface area (Å²) in [6.45, 7) is 5.66. The topological polar surface area (TPSA) is 123 Å². The predicted molar refractivity (Wildman–Crippen MR) is 111 cm³/mol. The largest absolute Gasteiger partial charge is 0.366 e. The third-order valence-electron chi connectivity index (χ3n) is 5.68. The first-order chi connectivity index (χ1) is 14.3. The molecule has 0 bridgehead atoms. The number of rotatable bonds is 6. The Morgan fingerprint density at radius 3 is 2.60 bits per heavy atom. The van der Waals surface area contributed by atoms with Gasteiger partial charge in [-0.2, -0.15) is 0 Å². The lowest BCUT2D eigenvalue weighted by atomic mass is 9.95. The first-order valence-electron chi connectivity index (χ1n) is 10.2. The van der Waals surface area contributed by atoms with Crippen molar-refractivity contribution in [3.05, 3.63) is 40.0 Å². The van der Waals surface area contributed by atoms with Crippen molar-refractivity contribution in [2.24, 2.45) is 0 Å². The molecule has 1 aromatic carbocycles. The van der Waals surface area contributed by atoms with E-state index in [4.69, 9.17) is 0 Å². The maximum absolute atomic E-state index is 12.4. The molecule has 11 heteroatoms. The van der Waals surface area contributed by atoms with Gasteiger partial charge in [-0.3, -0.25) is 10.1 Å². The molecule has 4 rings (SSSR count). The molecule has 30 heavy (non-hydrogen) atoms. The molecule has 0 radical (unpaired) electrons. The molecule has 162 valence electrons. The van der Waals surface area contributed by atoms with Crippen LogP contribution in [0.4, 0.5) is 11.4 Å². The number of nitro benzene ring substituents is 1. The highest BCUT2D eigenvalue weighted by Crippen LogP contribution is 2.36. The fourth-order valence-electron chi connectivity index (χ4n) is 4.32. The van der Waals surface area contributed by atoms with E-state index in [2.05, 4.69) is 19.5 Å². The summed E-state index contributed by atoms with van der Waals surface area (Å²) < 4.78 is 29.5. The molecule has 0 aliphatic carbocycles. The summed E-state index contributed by atoms with van der Waals surface area (Å²) in [5, 5.41) is 20.4. The van der Waals surface area contributed by atoms with Gasteiger partial charge in [-0.05, 0) is 45.2 Å². The average molecular weight is 435 g/mol. The van der Waals surface area contributed by atoms with Crippen molar-refractivity contribution in [1.82, 2.24) is 19.5 Å². The number of sulfonamides is 1. The Morgan fingerprint density at radius 1 is 1.20 bits per heavy atom. The lowest BCUT2D eigenvalue weighted by Gasteiger charge is -2.33. The van der Waals surface area contributed by atoms with Gasteiger partial charge in [0.25, 0.3) is 5.69 Å². The summed E-state index contributed by atoms with van der Waals surface area (Å²) in [5.74, 6) is 2.36. The molecule has 0 spiro atoms. The van der Waals surface area contributed by atoms with Crippen LogP contribution in [0, 0.1) is 10.1 Å². The molecule has 1 N–H and O–H groups in total. The Morgan fingerprint density at radius 2 is 1.93 bits per heavy atom. The van der Waals surface area contributed by atoms with Gasteiger partial charge in [0.05, 0.1) is 9.82 Å². The van der Waals surface area contributed by atoms with Crippen LogP contribution >= 0.6 is 0 Å². The molecule has 0 unspecified atom stereocenters. The molecule has 1 aromatic heterocycles. The lowest BCUT2D eigenvalue weighted by molar-refractivity contribution is -0.384. The molecule has 1 fully saturated rings. The third kappa shape index (κ3) is 3.91. The number of fused-ring (bicyclic) bond motifs is 1. The summed E-state index contributed by atoms with van der Waals surface area (Å²) >= 11 is 0. The van der Waals surface area contributed by atoms with Gasteiger partial charge in [-0.25, -0.2) is 13.1 Å². The highest BCUT2D eigenvalue weighted by Gasteiger charge is 2.31. The van der Waals surface area contributed by atoms with Gasteiger partial charge in [-0.1, -0.05) is 0 Å². The number of nitrogens with one attached hydrogen (secondary N) is 1. The zero-order valence-electron chi connectivity index (χ0n) is 17.1. The Hall–Kier alpha value is -2.53. The lowest BCUT2D eigenvalue weighted by Crippen LogP contribution is -2.34. The van der Waals surface area contributed by atoms with Crippen LogP contribution in [0.3, 0.4) is 0 Å². The van der Waals surface area contributed by atoms with Crippen LogP contribution in [0.1, 0.15) is 50.7 Å². The van der Waals surface area contributed by atoms with Crippen LogP contribution in [0.2, 0.25) is 0 Å². The minimum atomic E-state index is -3.80. The monoisotopic (exact) mass is 434 g/mol. The zero-order chi connectivity index (χ0) is 21.5. The number of aryl methyl sites for hydroxylation is 1. The van der Waals surface area contributed by atoms with Gasteiger partial charge >= 0.3 is 0 Å². The van der Waals surface area contributed by atoms with E-state index in [0.29, 0.717) is 18.8 Å². The summed E-state index contributed by atoms with van der Waals surface area (Å²) in [5.41, 5.74) is 0.261. The molecule has 0 amide bonds. The highest BCUT2D eigenvalue weighted by molar-refractivity contribution is 7.89. The average Bonchev–Trinajstić information content (AvgIpc) is 3.30. The van der Waals surface area contributed by atoms with Crippen molar-refractivity contribution in [2.45, 2.75) is 62.9 Å². The van der Waals surface area contributed by atoms with E-state index in [1.807, 2.05) is 4.90 Å². The van der Waals surface area contributed by atoms with Gasteiger partial charge in [0.1, 0.15) is 17.3 Å². The highest BCUT2D eigenvalue weighted by atomic mass is 32.2. The third-order valence-corrected chi connectivity index (χ3v) is 7.34. The van der Waals surface area contributed by atoms with E-state index >= 15 is 0 Å². The number of nitrogens with zero attached hydrogens (tertiary/aromatic N) is 5. The summed E-state index contributed by atoms with van der Waals surface area (Å²) in [6.07, 6.45) is 3.72. The number of hydrogen-bond acceptors (Lipinski definition) is 7. The second kappa shape index (κ2) is 7.95. The summed E-state index contributed by atoms with van der Waals surface area (Å²) in [6, 6.07) is 3.83.